The fourth-order valence-electron chi connectivity index (χ4n) is 1.89. The van der Waals surface area contributed by atoms with Gasteiger partial charge in [0.2, 0.25) is 0 Å². The zero-order valence-electron chi connectivity index (χ0n) is 15.0. The summed E-state index contributed by atoms with van der Waals surface area (Å²) in [5, 5.41) is 5.45. The van der Waals surface area contributed by atoms with Crippen molar-refractivity contribution >= 4 is 26.9 Å². The number of sulfone groups is 1. The van der Waals surface area contributed by atoms with Crippen molar-refractivity contribution in [2.75, 3.05) is 24.6 Å². The lowest BCUT2D eigenvalue weighted by Gasteiger charge is -2.18. The Balaban J connectivity index is 3.55. The van der Waals surface area contributed by atoms with Gasteiger partial charge >= 0.3 is 6.03 Å². The van der Waals surface area contributed by atoms with Gasteiger partial charge in [0.05, 0.1) is 10.5 Å². The number of hydrogen-bond donors (Lipinski definition) is 3. The van der Waals surface area contributed by atoms with Crippen LogP contribution in [0.5, 0.6) is 0 Å². The maximum absolute atomic E-state index is 11.9. The van der Waals surface area contributed by atoms with Gasteiger partial charge in [-0.2, -0.15) is 0 Å². The molecule has 1 atom stereocenters. The zero-order valence-corrected chi connectivity index (χ0v) is 16.6. The predicted molar refractivity (Wildman–Crippen MR) is 98.3 cm³/mol. The summed E-state index contributed by atoms with van der Waals surface area (Å²) in [4.78, 5) is 11.5. The maximum atomic E-state index is 11.9. The highest BCUT2D eigenvalue weighted by atomic mass is 32.2. The molecule has 0 aliphatic rings. The molecule has 0 rings (SSSR count). The van der Waals surface area contributed by atoms with E-state index in [2.05, 4.69) is 10.6 Å². The zero-order chi connectivity index (χ0) is 18.6. The van der Waals surface area contributed by atoms with E-state index in [1.807, 2.05) is 0 Å². The number of nitrogens with one attached hydrogen (secondary N) is 2. The van der Waals surface area contributed by atoms with Crippen molar-refractivity contribution in [2.45, 2.75) is 64.0 Å². The van der Waals surface area contributed by atoms with Gasteiger partial charge in [0, 0.05) is 18.8 Å². The van der Waals surface area contributed by atoms with Gasteiger partial charge in [0.1, 0.15) is 0 Å². The Morgan fingerprint density at radius 1 is 0.958 bits per heavy atom. The van der Waals surface area contributed by atoms with E-state index in [1.165, 1.54) is 0 Å². The third-order valence-electron chi connectivity index (χ3n) is 3.59. The van der Waals surface area contributed by atoms with Crippen LogP contribution in [0.2, 0.25) is 0 Å². The third-order valence-corrected chi connectivity index (χ3v) is 6.92. The van der Waals surface area contributed by atoms with Gasteiger partial charge in [-0.1, -0.05) is 12.8 Å². The molecule has 0 heterocycles. The number of carbonyl (C=O) groups is 1. The number of carbonyl (C=O) groups excluding carboxylic acids is 1. The summed E-state index contributed by atoms with van der Waals surface area (Å²) < 4.78 is 42.1. The lowest BCUT2D eigenvalue weighted by atomic mass is 10.2. The lowest BCUT2D eigenvalue weighted by Crippen LogP contribution is -2.36. The summed E-state index contributed by atoms with van der Waals surface area (Å²) in [5.41, 5.74) is 0. The lowest BCUT2D eigenvalue weighted by molar-refractivity contribution is 0.240. The molecule has 2 amide bonds. The molecule has 144 valence electrons. The summed E-state index contributed by atoms with van der Waals surface area (Å²) in [6.45, 7) is 6.17. The first-order valence-corrected chi connectivity index (χ1v) is 11.3. The second kappa shape index (κ2) is 11.8. The number of unbranched alkanes of at least 4 members (excludes halogenated alkanes) is 4. The second-order valence-electron chi connectivity index (χ2n) is 6.76. The van der Waals surface area contributed by atoms with E-state index in [0.717, 1.165) is 25.7 Å². The highest BCUT2D eigenvalue weighted by molar-refractivity contribution is 7.92. The first kappa shape index (κ1) is 23.3. The highest BCUT2D eigenvalue weighted by Crippen LogP contribution is 2.17. The molecule has 0 fully saturated rings. The molecule has 0 saturated heterocycles. The van der Waals surface area contributed by atoms with Gasteiger partial charge in [-0.15, -0.1) is 0 Å². The van der Waals surface area contributed by atoms with Crippen molar-refractivity contribution in [1.82, 2.24) is 10.6 Å². The molecule has 7 nitrogen and oxygen atoms in total. The molecule has 0 saturated carbocycles. The average molecular weight is 385 g/mol. The average Bonchev–Trinajstić information content (AvgIpc) is 2.44. The van der Waals surface area contributed by atoms with E-state index in [0.29, 0.717) is 25.9 Å². The second-order valence-corrected chi connectivity index (χ2v) is 10.7. The number of urea groups is 1. The first-order chi connectivity index (χ1) is 11.1. The fraction of sp³-hybridized carbons (Fsp3) is 0.933. The van der Waals surface area contributed by atoms with Crippen LogP contribution in [0.25, 0.3) is 0 Å². The van der Waals surface area contributed by atoms with Crippen LogP contribution >= 0.6 is 0 Å². The van der Waals surface area contributed by atoms with E-state index in [9.17, 15) is 17.4 Å². The topological polar surface area (TPSA) is 113 Å². The van der Waals surface area contributed by atoms with E-state index in [1.54, 1.807) is 20.8 Å². The molecule has 0 aliphatic carbocycles. The molecule has 0 spiro atoms. The van der Waals surface area contributed by atoms with Crippen LogP contribution in [0.15, 0.2) is 0 Å². The van der Waals surface area contributed by atoms with Crippen molar-refractivity contribution in [1.29, 1.82) is 0 Å². The largest absolute Gasteiger partial charge is 0.338 e. The van der Waals surface area contributed by atoms with Crippen LogP contribution in [0, 0.1) is 0 Å². The van der Waals surface area contributed by atoms with Crippen LogP contribution < -0.4 is 10.6 Å². The van der Waals surface area contributed by atoms with Crippen LogP contribution in [0.3, 0.4) is 0 Å². The van der Waals surface area contributed by atoms with Crippen molar-refractivity contribution in [2.24, 2.45) is 0 Å². The van der Waals surface area contributed by atoms with E-state index in [4.69, 9.17) is 4.55 Å². The van der Waals surface area contributed by atoms with Gasteiger partial charge in [0.15, 0.2) is 20.9 Å². The molecule has 0 aromatic heterocycles. The van der Waals surface area contributed by atoms with Crippen molar-refractivity contribution in [3.8, 4) is 0 Å². The molecule has 9 heteroatoms. The molecule has 0 aliphatic heterocycles. The van der Waals surface area contributed by atoms with Crippen LogP contribution in [0.1, 0.15) is 59.3 Å². The van der Waals surface area contributed by atoms with Crippen molar-refractivity contribution < 1.29 is 22.0 Å². The minimum atomic E-state index is -3.06. The number of amides is 2. The van der Waals surface area contributed by atoms with E-state index in [-0.39, 0.29) is 17.5 Å². The number of hydrogen-bond acceptors (Lipinski definition) is 4. The normalized spacial score (nSPS) is 13.5. The fourth-order valence-corrected chi connectivity index (χ4v) is 3.54. The summed E-state index contributed by atoms with van der Waals surface area (Å²) in [6, 6.07) is -0.233. The highest BCUT2D eigenvalue weighted by Gasteiger charge is 2.27. The SMILES string of the molecule is CC(C)(C)S(=O)(=O)CCCCCNC(=O)NCCCCCS(=O)O. The minimum absolute atomic E-state index is 0.182. The van der Waals surface area contributed by atoms with Gasteiger partial charge in [0.25, 0.3) is 0 Å². The Labute approximate surface area is 148 Å². The minimum Gasteiger partial charge on any atom is -0.338 e. The van der Waals surface area contributed by atoms with Crippen LogP contribution in [-0.4, -0.2) is 52.6 Å². The van der Waals surface area contributed by atoms with E-state index >= 15 is 0 Å². The third kappa shape index (κ3) is 11.8. The molecular weight excluding hydrogens is 352 g/mol. The summed E-state index contributed by atoms with van der Waals surface area (Å²) in [6.07, 6.45) is 4.35. The smallest absolute Gasteiger partial charge is 0.314 e. The monoisotopic (exact) mass is 384 g/mol. The Bertz CT molecular complexity index is 487. The van der Waals surface area contributed by atoms with Gasteiger partial charge in [-0.05, 0) is 46.5 Å². The molecule has 24 heavy (non-hydrogen) atoms. The Kier molecular flexibility index (Phi) is 11.5. The summed E-state index contributed by atoms with van der Waals surface area (Å²) >= 11 is -1.74. The Morgan fingerprint density at radius 3 is 1.92 bits per heavy atom. The van der Waals surface area contributed by atoms with Crippen molar-refractivity contribution in [3.05, 3.63) is 0 Å². The standard InChI is InChI=1S/C15H32N2O5S2/c1-15(2,3)24(21,22)13-9-5-7-11-17-14(18)16-10-6-4-8-12-23(19)20/h4-13H2,1-3H3,(H,19,20)(H2,16,17,18). The van der Waals surface area contributed by atoms with Gasteiger partial charge < -0.3 is 15.2 Å². The molecule has 0 aromatic rings. The molecule has 1 unspecified atom stereocenters. The Morgan fingerprint density at radius 2 is 1.46 bits per heavy atom. The molecule has 0 bridgehead atoms. The number of rotatable bonds is 12. The quantitative estimate of drug-likeness (QED) is 0.352. The molecular formula is C15H32N2O5S2. The van der Waals surface area contributed by atoms with Crippen LogP contribution in [0.4, 0.5) is 4.79 Å². The van der Waals surface area contributed by atoms with Gasteiger partial charge in [-0.3, -0.25) is 0 Å². The molecule has 0 radical (unpaired) electrons. The maximum Gasteiger partial charge on any atom is 0.314 e. The van der Waals surface area contributed by atoms with Gasteiger partial charge in [-0.25, -0.2) is 17.4 Å². The Hall–Kier alpha value is -0.670. The predicted octanol–water partition coefficient (Wildman–Crippen LogP) is 2.06. The molecule has 0 aromatic carbocycles. The van der Waals surface area contributed by atoms with Crippen LogP contribution in [-0.2, 0) is 20.9 Å². The summed E-state index contributed by atoms with van der Waals surface area (Å²) in [7, 11) is -3.06. The molecule has 3 N–H and O–H groups in total. The first-order valence-electron chi connectivity index (χ1n) is 8.38. The summed E-state index contributed by atoms with van der Waals surface area (Å²) in [5.74, 6) is 0.457. The van der Waals surface area contributed by atoms with Crippen molar-refractivity contribution in [3.63, 3.8) is 0 Å². The van der Waals surface area contributed by atoms with E-state index < -0.39 is 25.7 Å².